The highest BCUT2D eigenvalue weighted by atomic mass is 35.5. The van der Waals surface area contributed by atoms with Crippen molar-refractivity contribution in [1.82, 2.24) is 5.32 Å². The highest BCUT2D eigenvalue weighted by Crippen LogP contribution is 2.48. The molecule has 208 valence electrons. The lowest BCUT2D eigenvalue weighted by Gasteiger charge is -2.17. The topological polar surface area (TPSA) is 113 Å². The lowest BCUT2D eigenvalue weighted by molar-refractivity contribution is -0.192. The Bertz CT molecular complexity index is 1380. The molecule has 39 heavy (non-hydrogen) atoms. The first kappa shape index (κ1) is 30.0. The molecule has 12 heteroatoms. The number of anilines is 1. The van der Waals surface area contributed by atoms with Gasteiger partial charge < -0.3 is 10.4 Å². The number of sulfonamides is 1. The van der Waals surface area contributed by atoms with Gasteiger partial charge in [-0.3, -0.25) is 9.52 Å². The van der Waals surface area contributed by atoms with E-state index in [2.05, 4.69) is 22.2 Å². The summed E-state index contributed by atoms with van der Waals surface area (Å²) in [7, 11) is -3.70. The summed E-state index contributed by atoms with van der Waals surface area (Å²) in [6.07, 6.45) is -1.67. The molecular weight excluding hydrogens is 557 g/mol. The first-order valence-electron chi connectivity index (χ1n) is 11.8. The molecule has 3 N–H and O–H groups in total. The quantitative estimate of drug-likeness (QED) is 0.286. The Kier molecular flexibility index (Phi) is 9.63. The lowest BCUT2D eigenvalue weighted by Crippen LogP contribution is -2.35. The maximum Gasteiger partial charge on any atom is 0.490 e. The third-order valence-corrected chi connectivity index (χ3v) is 7.66. The lowest BCUT2D eigenvalue weighted by atomic mass is 9.94. The van der Waals surface area contributed by atoms with Crippen molar-refractivity contribution in [2.45, 2.75) is 42.2 Å². The maximum atomic E-state index is 12.8. The second-order valence-electron chi connectivity index (χ2n) is 8.87. The molecule has 1 aliphatic carbocycles. The molecule has 3 aromatic carbocycles. The normalized spacial score (nSPS) is 13.9. The number of amides is 1. The van der Waals surface area contributed by atoms with Gasteiger partial charge in [0.1, 0.15) is 0 Å². The number of alkyl halides is 3. The van der Waals surface area contributed by atoms with Gasteiger partial charge in [0.2, 0.25) is 5.91 Å². The van der Waals surface area contributed by atoms with E-state index in [0.717, 1.165) is 31.2 Å². The summed E-state index contributed by atoms with van der Waals surface area (Å²) < 4.78 is 59.4. The van der Waals surface area contributed by atoms with Gasteiger partial charge in [-0.05, 0) is 73.2 Å². The second-order valence-corrected chi connectivity index (χ2v) is 11.0. The predicted octanol–water partition coefficient (Wildman–Crippen LogP) is 5.55. The number of carbonyl (C=O) groups is 2. The molecule has 1 aliphatic rings. The number of hydrogen-bond donors (Lipinski definition) is 3. The van der Waals surface area contributed by atoms with Crippen LogP contribution in [0, 0.1) is 0 Å². The smallest absolute Gasteiger partial charge is 0.475 e. The van der Waals surface area contributed by atoms with Gasteiger partial charge >= 0.3 is 12.1 Å². The van der Waals surface area contributed by atoms with Crippen molar-refractivity contribution in [3.8, 4) is 0 Å². The summed E-state index contributed by atoms with van der Waals surface area (Å²) in [6, 6.07) is 23.3. The molecule has 1 fully saturated rings. The van der Waals surface area contributed by atoms with Crippen molar-refractivity contribution < 1.29 is 36.3 Å². The average molecular weight is 583 g/mol. The SMILES string of the molecule is O=C(NCCCc1ccccc1)C1(c2ccc(NS(=O)(=O)c3ccc(Cl)cc3)cc2)CC1.O=C(O)C(F)(F)F. The van der Waals surface area contributed by atoms with Gasteiger partial charge in [-0.15, -0.1) is 0 Å². The van der Waals surface area contributed by atoms with Crippen LogP contribution in [0.25, 0.3) is 0 Å². The molecule has 1 saturated carbocycles. The van der Waals surface area contributed by atoms with E-state index in [9.17, 15) is 26.4 Å². The zero-order chi connectivity index (χ0) is 28.7. The average Bonchev–Trinajstić information content (AvgIpc) is 3.70. The minimum absolute atomic E-state index is 0.0417. The Morgan fingerprint density at radius 2 is 1.49 bits per heavy atom. The first-order valence-corrected chi connectivity index (χ1v) is 13.7. The Labute approximate surface area is 229 Å². The van der Waals surface area contributed by atoms with Crippen LogP contribution in [0.4, 0.5) is 18.9 Å². The Morgan fingerprint density at radius 1 is 0.923 bits per heavy atom. The fourth-order valence-electron chi connectivity index (χ4n) is 3.77. The monoisotopic (exact) mass is 582 g/mol. The van der Waals surface area contributed by atoms with E-state index < -0.39 is 27.6 Å². The van der Waals surface area contributed by atoms with E-state index in [4.69, 9.17) is 21.5 Å². The van der Waals surface area contributed by atoms with Crippen LogP contribution in [0.1, 0.15) is 30.4 Å². The number of rotatable bonds is 9. The third-order valence-electron chi connectivity index (χ3n) is 6.01. The highest BCUT2D eigenvalue weighted by molar-refractivity contribution is 7.92. The van der Waals surface area contributed by atoms with Gasteiger partial charge in [0, 0.05) is 17.3 Å². The van der Waals surface area contributed by atoms with Crippen LogP contribution >= 0.6 is 11.6 Å². The minimum atomic E-state index is -5.08. The van der Waals surface area contributed by atoms with E-state index in [1.54, 1.807) is 12.1 Å². The molecule has 0 unspecified atom stereocenters. The predicted molar refractivity (Wildman–Crippen MR) is 141 cm³/mol. The number of hydrogen-bond acceptors (Lipinski definition) is 4. The Hall–Kier alpha value is -3.57. The summed E-state index contributed by atoms with van der Waals surface area (Å²) in [5, 5.41) is 10.7. The van der Waals surface area contributed by atoms with Crippen LogP contribution in [0.2, 0.25) is 5.02 Å². The van der Waals surface area contributed by atoms with E-state index in [-0.39, 0.29) is 10.8 Å². The maximum absolute atomic E-state index is 12.8. The van der Waals surface area contributed by atoms with E-state index in [1.807, 2.05) is 30.3 Å². The van der Waals surface area contributed by atoms with Crippen molar-refractivity contribution in [1.29, 1.82) is 0 Å². The molecule has 0 aromatic heterocycles. The molecule has 1 amide bonds. The number of nitrogens with one attached hydrogen (secondary N) is 2. The Balaban J connectivity index is 0.000000532. The van der Waals surface area contributed by atoms with Gasteiger partial charge in [0.05, 0.1) is 10.3 Å². The van der Waals surface area contributed by atoms with Crippen LogP contribution < -0.4 is 10.0 Å². The summed E-state index contributed by atoms with van der Waals surface area (Å²) in [6.45, 7) is 0.633. The van der Waals surface area contributed by atoms with Crippen LogP contribution in [-0.4, -0.2) is 38.1 Å². The fourth-order valence-corrected chi connectivity index (χ4v) is 4.95. The molecule has 0 radical (unpaired) electrons. The van der Waals surface area contributed by atoms with Crippen LogP contribution in [0.15, 0.2) is 83.8 Å². The number of halogens is 4. The van der Waals surface area contributed by atoms with Gasteiger partial charge in [0.25, 0.3) is 10.0 Å². The molecule has 0 aliphatic heterocycles. The molecule has 0 bridgehead atoms. The number of aryl methyl sites for hydroxylation is 1. The summed E-state index contributed by atoms with van der Waals surface area (Å²) >= 11 is 5.83. The third kappa shape index (κ3) is 8.46. The van der Waals surface area contributed by atoms with Crippen molar-refractivity contribution in [2.24, 2.45) is 0 Å². The molecule has 7 nitrogen and oxygen atoms in total. The van der Waals surface area contributed by atoms with Gasteiger partial charge in [0.15, 0.2) is 0 Å². The van der Waals surface area contributed by atoms with Crippen molar-refractivity contribution in [3.63, 3.8) is 0 Å². The fraction of sp³-hybridized carbons (Fsp3) is 0.259. The summed E-state index contributed by atoms with van der Waals surface area (Å²) in [4.78, 5) is 21.9. The van der Waals surface area contributed by atoms with Crippen molar-refractivity contribution in [2.75, 3.05) is 11.3 Å². The number of benzene rings is 3. The van der Waals surface area contributed by atoms with E-state index in [0.29, 0.717) is 17.3 Å². The summed E-state index contributed by atoms with van der Waals surface area (Å²) in [5.41, 5.74) is 2.12. The molecule has 0 saturated heterocycles. The molecule has 0 atom stereocenters. The van der Waals surface area contributed by atoms with Crippen LogP contribution in [-0.2, 0) is 31.4 Å². The molecule has 0 heterocycles. The minimum Gasteiger partial charge on any atom is -0.475 e. The Morgan fingerprint density at radius 3 is 2.00 bits per heavy atom. The zero-order valence-corrected chi connectivity index (χ0v) is 22.1. The summed E-state index contributed by atoms with van der Waals surface area (Å²) in [5.74, 6) is -2.72. The van der Waals surface area contributed by atoms with Gasteiger partial charge in [-0.25, -0.2) is 13.2 Å². The second kappa shape index (κ2) is 12.5. The number of carboxylic acid groups (broad SMARTS) is 1. The number of aliphatic carboxylic acids is 1. The molecule has 4 rings (SSSR count). The molecule has 0 spiro atoms. The van der Waals surface area contributed by atoms with Crippen LogP contribution in [0.5, 0.6) is 0 Å². The zero-order valence-electron chi connectivity index (χ0n) is 20.5. The van der Waals surface area contributed by atoms with Crippen molar-refractivity contribution >= 4 is 39.2 Å². The van der Waals surface area contributed by atoms with Crippen LogP contribution in [0.3, 0.4) is 0 Å². The number of carbonyl (C=O) groups excluding carboxylic acids is 1. The van der Waals surface area contributed by atoms with Gasteiger partial charge in [-0.1, -0.05) is 54.1 Å². The van der Waals surface area contributed by atoms with Crippen molar-refractivity contribution in [3.05, 3.63) is 95.0 Å². The molecular formula is C27H26ClF3N2O5S. The first-order chi connectivity index (χ1) is 18.3. The number of carboxylic acids is 1. The molecule has 3 aromatic rings. The van der Waals surface area contributed by atoms with E-state index in [1.165, 1.54) is 29.8 Å². The highest BCUT2D eigenvalue weighted by Gasteiger charge is 2.51. The van der Waals surface area contributed by atoms with E-state index >= 15 is 0 Å². The standard InChI is InChI=1S/C25H25ClN2O3S.C2HF3O2/c26-21-10-14-23(15-11-21)32(30,31)28-22-12-8-20(9-13-22)25(16-17-25)24(29)27-18-4-7-19-5-2-1-3-6-19;3-2(4,5)1(6)7/h1-3,5-6,8-15,28H,4,7,16-18H2,(H,27,29);(H,6,7). The largest absolute Gasteiger partial charge is 0.490 e. The van der Waals surface area contributed by atoms with Gasteiger partial charge in [-0.2, -0.15) is 13.2 Å².